The van der Waals surface area contributed by atoms with E-state index in [1.165, 1.54) is 24.9 Å². The zero-order valence-corrected chi connectivity index (χ0v) is 12.5. The molecule has 2 heterocycles. The van der Waals surface area contributed by atoms with Gasteiger partial charge in [0.1, 0.15) is 12.5 Å². The van der Waals surface area contributed by atoms with E-state index in [1.54, 1.807) is 48.6 Å². The molecule has 0 aromatic heterocycles. The van der Waals surface area contributed by atoms with Crippen molar-refractivity contribution in [3.63, 3.8) is 0 Å². The first-order valence-electron chi connectivity index (χ1n) is 7.04. The van der Waals surface area contributed by atoms with Crippen molar-refractivity contribution in [1.82, 2.24) is 10.1 Å². The van der Waals surface area contributed by atoms with E-state index in [9.17, 15) is 9.59 Å². The summed E-state index contributed by atoms with van der Waals surface area (Å²) in [5, 5.41) is 7.37. The van der Waals surface area contributed by atoms with Crippen LogP contribution < -0.4 is 10.6 Å². The maximum absolute atomic E-state index is 12.1. The van der Waals surface area contributed by atoms with Crippen molar-refractivity contribution in [1.29, 1.82) is 0 Å². The van der Waals surface area contributed by atoms with Gasteiger partial charge in [0.05, 0.1) is 23.8 Å². The normalized spacial score (nSPS) is 14.8. The third-order valence-electron chi connectivity index (χ3n) is 2.98. The van der Waals surface area contributed by atoms with E-state index in [4.69, 9.17) is 9.68 Å². The summed E-state index contributed by atoms with van der Waals surface area (Å²) in [6.45, 7) is 0. The molecule has 1 aromatic rings. The molecule has 0 saturated carbocycles. The Labute approximate surface area is 137 Å². The van der Waals surface area contributed by atoms with E-state index in [-0.39, 0.29) is 0 Å². The number of urea groups is 2. The minimum absolute atomic E-state index is 0.416. The molecule has 24 heavy (non-hydrogen) atoms. The van der Waals surface area contributed by atoms with Crippen LogP contribution in [0.15, 0.2) is 73.5 Å². The zero-order chi connectivity index (χ0) is 16.8. The van der Waals surface area contributed by atoms with Crippen LogP contribution >= 0.6 is 0 Å². The number of nitrogens with zero attached hydrogens (tertiary/aromatic N) is 2. The molecule has 4 amide bonds. The van der Waals surface area contributed by atoms with Gasteiger partial charge in [0.2, 0.25) is 0 Å². The lowest BCUT2D eigenvalue weighted by Crippen LogP contribution is -2.32. The van der Waals surface area contributed by atoms with Gasteiger partial charge in [-0.2, -0.15) is 0 Å². The first-order chi connectivity index (χ1) is 11.7. The second-order valence-electron chi connectivity index (χ2n) is 4.61. The largest absolute Gasteiger partial charge is 0.379 e. The van der Waals surface area contributed by atoms with Gasteiger partial charge in [-0.25, -0.2) is 9.59 Å². The standard InChI is InChI=1S/C16H14N4O4/c21-15(19-9-3-5-11-23-19)17-13-7-1-2-8-14(13)18-16(22)20-10-4-6-12-24-20/h1-12H,(H,17,21)(H,18,22). The summed E-state index contributed by atoms with van der Waals surface area (Å²) in [6.07, 6.45) is 12.3. The second-order valence-corrected chi connectivity index (χ2v) is 4.61. The average molecular weight is 326 g/mol. The Morgan fingerprint density at radius 3 is 1.58 bits per heavy atom. The number of carbonyl (C=O) groups excluding carboxylic acids is 2. The van der Waals surface area contributed by atoms with Gasteiger partial charge >= 0.3 is 12.1 Å². The molecular weight excluding hydrogens is 312 g/mol. The fourth-order valence-electron chi connectivity index (χ4n) is 1.89. The minimum Gasteiger partial charge on any atom is -0.379 e. The van der Waals surface area contributed by atoms with Crippen LogP contribution in [0.2, 0.25) is 0 Å². The molecule has 2 N–H and O–H groups in total. The van der Waals surface area contributed by atoms with Crippen molar-refractivity contribution < 1.29 is 19.3 Å². The number of hydroxylamine groups is 4. The number of benzene rings is 1. The van der Waals surface area contributed by atoms with E-state index in [2.05, 4.69) is 10.6 Å². The molecule has 0 fully saturated rings. The molecule has 8 nitrogen and oxygen atoms in total. The molecule has 2 aliphatic rings. The van der Waals surface area contributed by atoms with Crippen LogP contribution in [-0.4, -0.2) is 22.2 Å². The van der Waals surface area contributed by atoms with Crippen LogP contribution in [0, 0.1) is 0 Å². The maximum atomic E-state index is 12.1. The van der Waals surface area contributed by atoms with Gasteiger partial charge in [-0.15, -0.1) is 10.1 Å². The molecule has 2 aliphatic heterocycles. The molecule has 8 heteroatoms. The van der Waals surface area contributed by atoms with Crippen molar-refractivity contribution in [3.8, 4) is 0 Å². The first kappa shape index (κ1) is 15.2. The Morgan fingerprint density at radius 2 is 1.21 bits per heavy atom. The number of hydrogen-bond donors (Lipinski definition) is 2. The predicted octanol–water partition coefficient (Wildman–Crippen LogP) is 3.30. The Kier molecular flexibility index (Phi) is 4.47. The number of rotatable bonds is 2. The lowest BCUT2D eigenvalue weighted by Gasteiger charge is -2.21. The highest BCUT2D eigenvalue weighted by Gasteiger charge is 2.17. The lowest BCUT2D eigenvalue weighted by atomic mass is 10.2. The SMILES string of the molecule is O=C(Nc1ccccc1NC(=O)N1C=CC=CO1)N1C=CC=CO1. The summed E-state index contributed by atoms with van der Waals surface area (Å²) in [7, 11) is 0. The van der Waals surface area contributed by atoms with Crippen molar-refractivity contribution in [2.45, 2.75) is 0 Å². The number of hydrogen-bond acceptors (Lipinski definition) is 4. The van der Waals surface area contributed by atoms with Gasteiger partial charge in [-0.1, -0.05) is 12.1 Å². The van der Waals surface area contributed by atoms with Crippen molar-refractivity contribution in [2.75, 3.05) is 10.6 Å². The van der Waals surface area contributed by atoms with Crippen molar-refractivity contribution in [2.24, 2.45) is 0 Å². The zero-order valence-electron chi connectivity index (χ0n) is 12.5. The molecule has 122 valence electrons. The van der Waals surface area contributed by atoms with E-state index in [0.29, 0.717) is 11.4 Å². The third kappa shape index (κ3) is 3.55. The van der Waals surface area contributed by atoms with E-state index < -0.39 is 12.1 Å². The van der Waals surface area contributed by atoms with Gasteiger partial charge < -0.3 is 20.3 Å². The number of anilines is 2. The highest BCUT2D eigenvalue weighted by molar-refractivity contribution is 5.98. The molecule has 3 rings (SSSR count). The van der Waals surface area contributed by atoms with Gasteiger partial charge in [0, 0.05) is 0 Å². The van der Waals surface area contributed by atoms with E-state index in [0.717, 1.165) is 10.1 Å². The van der Waals surface area contributed by atoms with Crippen LogP contribution in [0.3, 0.4) is 0 Å². The molecule has 0 spiro atoms. The number of carbonyl (C=O) groups is 2. The summed E-state index contributed by atoms with van der Waals surface area (Å²) < 4.78 is 0. The number of amides is 4. The van der Waals surface area contributed by atoms with Gasteiger partial charge in [-0.3, -0.25) is 0 Å². The van der Waals surface area contributed by atoms with Crippen molar-refractivity contribution >= 4 is 23.4 Å². The van der Waals surface area contributed by atoms with E-state index in [1.807, 2.05) is 0 Å². The molecule has 1 aromatic carbocycles. The summed E-state index contributed by atoms with van der Waals surface area (Å²) in [4.78, 5) is 34.4. The molecule has 0 saturated heterocycles. The summed E-state index contributed by atoms with van der Waals surface area (Å²) >= 11 is 0. The topological polar surface area (TPSA) is 83.1 Å². The van der Waals surface area contributed by atoms with Gasteiger partial charge in [0.25, 0.3) is 0 Å². The first-order valence-corrected chi connectivity index (χ1v) is 7.04. The predicted molar refractivity (Wildman–Crippen MR) is 86.9 cm³/mol. The number of nitrogens with one attached hydrogen (secondary N) is 2. The van der Waals surface area contributed by atoms with Crippen LogP contribution in [0.1, 0.15) is 0 Å². The van der Waals surface area contributed by atoms with Gasteiger partial charge in [0.15, 0.2) is 0 Å². The van der Waals surface area contributed by atoms with E-state index >= 15 is 0 Å². The molecule has 0 radical (unpaired) electrons. The Bertz CT molecular complexity index is 691. The number of para-hydroxylation sites is 2. The highest BCUT2D eigenvalue weighted by Crippen LogP contribution is 2.22. The fraction of sp³-hybridized carbons (Fsp3) is 0. The van der Waals surface area contributed by atoms with Crippen molar-refractivity contribution in [3.05, 3.63) is 73.5 Å². The molecule has 0 unspecified atom stereocenters. The Balaban J connectivity index is 1.68. The molecule has 0 aliphatic carbocycles. The Hall–Kier alpha value is -3.68. The smallest absolute Gasteiger partial charge is 0.359 e. The minimum atomic E-state index is -0.505. The summed E-state index contributed by atoms with van der Waals surface area (Å²) in [5.41, 5.74) is 0.831. The summed E-state index contributed by atoms with van der Waals surface area (Å²) in [5.74, 6) is 0. The fourth-order valence-corrected chi connectivity index (χ4v) is 1.89. The maximum Gasteiger partial charge on any atom is 0.359 e. The molecule has 0 bridgehead atoms. The second kappa shape index (κ2) is 7.05. The van der Waals surface area contributed by atoms with Crippen LogP contribution in [0.4, 0.5) is 21.0 Å². The Morgan fingerprint density at radius 1 is 0.750 bits per heavy atom. The number of allylic oxidation sites excluding steroid dienone is 4. The van der Waals surface area contributed by atoms with Gasteiger partial charge in [-0.05, 0) is 36.4 Å². The monoisotopic (exact) mass is 326 g/mol. The lowest BCUT2D eigenvalue weighted by molar-refractivity contribution is -0.0111. The average Bonchev–Trinajstić information content (AvgIpc) is 2.64. The molecular formula is C16H14N4O4. The molecule has 0 atom stereocenters. The van der Waals surface area contributed by atoms with Crippen LogP contribution in [0.25, 0.3) is 0 Å². The quantitative estimate of drug-likeness (QED) is 0.873. The summed E-state index contributed by atoms with van der Waals surface area (Å²) in [6, 6.07) is 5.77. The highest BCUT2D eigenvalue weighted by atomic mass is 16.7. The van der Waals surface area contributed by atoms with Crippen LogP contribution in [0.5, 0.6) is 0 Å². The third-order valence-corrected chi connectivity index (χ3v) is 2.98. The van der Waals surface area contributed by atoms with Crippen LogP contribution in [-0.2, 0) is 9.68 Å².